The molecule has 0 aromatic heterocycles. The molecule has 1 saturated heterocycles. The summed E-state index contributed by atoms with van der Waals surface area (Å²) in [4.78, 5) is 12.9. The molecule has 0 aliphatic carbocycles. The van der Waals surface area contributed by atoms with E-state index in [0.29, 0.717) is 17.1 Å². The van der Waals surface area contributed by atoms with Crippen molar-refractivity contribution in [3.8, 4) is 11.5 Å². The minimum Gasteiger partial charge on any atom is -0.497 e. The zero-order valence-corrected chi connectivity index (χ0v) is 19.2. The zero-order chi connectivity index (χ0) is 24.6. The summed E-state index contributed by atoms with van der Waals surface area (Å²) in [7, 11) is 1.56. The van der Waals surface area contributed by atoms with Crippen molar-refractivity contribution >= 4 is 5.97 Å². The molecule has 5 atom stereocenters. The molecule has 2 N–H and O–H groups in total. The van der Waals surface area contributed by atoms with Crippen LogP contribution in [-0.4, -0.2) is 60.6 Å². The van der Waals surface area contributed by atoms with Gasteiger partial charge in [0, 0.05) is 0 Å². The Morgan fingerprint density at radius 1 is 0.886 bits per heavy atom. The molecule has 0 radical (unpaired) electrons. The maximum Gasteiger partial charge on any atom is 0.338 e. The highest BCUT2D eigenvalue weighted by atomic mass is 16.7. The number of methoxy groups -OCH3 is 1. The molecule has 0 spiro atoms. The molecule has 1 heterocycles. The molecular formula is C27H28O8. The normalized spacial score (nSPS) is 23.9. The summed E-state index contributed by atoms with van der Waals surface area (Å²) in [5.74, 6) is 0.443. The predicted molar refractivity (Wildman–Crippen MR) is 126 cm³/mol. The molecule has 4 rings (SSSR count). The summed E-state index contributed by atoms with van der Waals surface area (Å²) in [5, 5.41) is 20.8. The highest BCUT2D eigenvalue weighted by molar-refractivity contribution is 5.89. The molecule has 35 heavy (non-hydrogen) atoms. The summed E-state index contributed by atoms with van der Waals surface area (Å²) in [6.07, 6.45) is -5.60. The number of aliphatic hydroxyl groups excluding tert-OH is 2. The quantitative estimate of drug-likeness (QED) is 0.451. The molecule has 3 aromatic carbocycles. The van der Waals surface area contributed by atoms with Crippen LogP contribution < -0.4 is 9.47 Å². The maximum absolute atomic E-state index is 12.9. The van der Waals surface area contributed by atoms with E-state index < -0.39 is 43.3 Å². The standard InChI is InChI=1S/C27H28O8/c1-31-20-12-14-21(15-13-20)33-27-25(35-26(30)19-10-6-3-7-11-19)24(23(29)22(16-28)34-27)32-17-18-8-4-2-5-9-18/h2-15,22-25,27-29H,16-17H2,1H3/t22-,23-,24+,25-,27-/m1/s1. The number of hydrogen-bond acceptors (Lipinski definition) is 8. The Morgan fingerprint density at radius 3 is 2.14 bits per heavy atom. The first-order valence-corrected chi connectivity index (χ1v) is 11.3. The van der Waals surface area contributed by atoms with Crippen molar-refractivity contribution in [3.63, 3.8) is 0 Å². The second-order valence-electron chi connectivity index (χ2n) is 8.01. The molecular weight excluding hydrogens is 452 g/mol. The molecule has 1 aliphatic heterocycles. The monoisotopic (exact) mass is 480 g/mol. The van der Waals surface area contributed by atoms with E-state index in [2.05, 4.69) is 0 Å². The largest absolute Gasteiger partial charge is 0.497 e. The number of carbonyl (C=O) groups is 1. The number of rotatable bonds is 9. The molecule has 8 heteroatoms. The van der Waals surface area contributed by atoms with Gasteiger partial charge in [-0.2, -0.15) is 0 Å². The first-order chi connectivity index (χ1) is 17.1. The molecule has 0 unspecified atom stereocenters. The van der Waals surface area contributed by atoms with Crippen LogP contribution in [0.25, 0.3) is 0 Å². The molecule has 1 fully saturated rings. The topological polar surface area (TPSA) is 104 Å². The zero-order valence-electron chi connectivity index (χ0n) is 19.2. The summed E-state index contributed by atoms with van der Waals surface area (Å²) in [6.45, 7) is -0.330. The van der Waals surface area contributed by atoms with Crippen molar-refractivity contribution in [2.45, 2.75) is 37.3 Å². The van der Waals surface area contributed by atoms with Crippen LogP contribution in [0.3, 0.4) is 0 Å². The molecule has 0 saturated carbocycles. The predicted octanol–water partition coefficient (Wildman–Crippen LogP) is 2.96. The van der Waals surface area contributed by atoms with Crippen LogP contribution in [0.2, 0.25) is 0 Å². The van der Waals surface area contributed by atoms with E-state index in [1.54, 1.807) is 61.7 Å². The summed E-state index contributed by atoms with van der Waals surface area (Å²) in [6, 6.07) is 24.7. The van der Waals surface area contributed by atoms with Gasteiger partial charge in [0.25, 0.3) is 0 Å². The van der Waals surface area contributed by atoms with Crippen LogP contribution in [0.1, 0.15) is 15.9 Å². The fourth-order valence-electron chi connectivity index (χ4n) is 3.77. The molecule has 0 amide bonds. The molecule has 0 bridgehead atoms. The Hall–Kier alpha value is -3.43. The summed E-state index contributed by atoms with van der Waals surface area (Å²) in [5.41, 5.74) is 1.20. The third-order valence-electron chi connectivity index (χ3n) is 5.65. The number of benzene rings is 3. The number of aliphatic hydroxyl groups is 2. The van der Waals surface area contributed by atoms with Crippen molar-refractivity contribution in [1.82, 2.24) is 0 Å². The maximum atomic E-state index is 12.9. The van der Waals surface area contributed by atoms with E-state index in [1.165, 1.54) is 0 Å². The van der Waals surface area contributed by atoms with Gasteiger partial charge in [-0.3, -0.25) is 0 Å². The van der Waals surface area contributed by atoms with Gasteiger partial charge in [-0.05, 0) is 42.0 Å². The van der Waals surface area contributed by atoms with Crippen LogP contribution in [0.5, 0.6) is 11.5 Å². The second kappa shape index (κ2) is 11.8. The first kappa shape index (κ1) is 24.7. The lowest BCUT2D eigenvalue weighted by molar-refractivity contribution is -0.286. The van der Waals surface area contributed by atoms with Gasteiger partial charge < -0.3 is 33.9 Å². The van der Waals surface area contributed by atoms with E-state index in [-0.39, 0.29) is 6.61 Å². The van der Waals surface area contributed by atoms with Crippen LogP contribution >= 0.6 is 0 Å². The van der Waals surface area contributed by atoms with Crippen molar-refractivity contribution < 1.29 is 38.7 Å². The van der Waals surface area contributed by atoms with Gasteiger partial charge in [-0.1, -0.05) is 48.5 Å². The van der Waals surface area contributed by atoms with Gasteiger partial charge >= 0.3 is 5.97 Å². The Labute approximate surface area is 203 Å². The Balaban J connectivity index is 1.61. The lowest BCUT2D eigenvalue weighted by Gasteiger charge is -2.43. The molecule has 3 aromatic rings. The van der Waals surface area contributed by atoms with Gasteiger partial charge in [0.15, 0.2) is 6.10 Å². The first-order valence-electron chi connectivity index (χ1n) is 11.3. The SMILES string of the molecule is COc1ccc(O[C@@H]2O[C@H](CO)[C@@H](O)[C@H](OCc3ccccc3)[C@H]2OC(=O)c2ccccc2)cc1. The van der Waals surface area contributed by atoms with Crippen molar-refractivity contribution in [1.29, 1.82) is 0 Å². The Kier molecular flexibility index (Phi) is 8.33. The highest BCUT2D eigenvalue weighted by Gasteiger charge is 2.49. The highest BCUT2D eigenvalue weighted by Crippen LogP contribution is 2.30. The van der Waals surface area contributed by atoms with Crippen LogP contribution in [0.4, 0.5) is 0 Å². The number of esters is 1. The van der Waals surface area contributed by atoms with Gasteiger partial charge in [0.2, 0.25) is 6.29 Å². The third-order valence-corrected chi connectivity index (χ3v) is 5.65. The third kappa shape index (κ3) is 6.17. The van der Waals surface area contributed by atoms with E-state index >= 15 is 0 Å². The number of carbonyl (C=O) groups excluding carboxylic acids is 1. The lowest BCUT2D eigenvalue weighted by Crippen LogP contribution is -2.62. The van der Waals surface area contributed by atoms with Crippen molar-refractivity contribution in [2.75, 3.05) is 13.7 Å². The number of ether oxygens (including phenoxy) is 5. The molecule has 1 aliphatic rings. The summed E-state index contributed by atoms with van der Waals surface area (Å²) < 4.78 is 28.9. The summed E-state index contributed by atoms with van der Waals surface area (Å²) >= 11 is 0. The average Bonchev–Trinajstić information content (AvgIpc) is 2.91. The molecule has 8 nitrogen and oxygen atoms in total. The lowest BCUT2D eigenvalue weighted by atomic mass is 9.98. The fraction of sp³-hybridized carbons (Fsp3) is 0.296. The minimum atomic E-state index is -1.27. The van der Waals surface area contributed by atoms with Gasteiger partial charge in [-0.15, -0.1) is 0 Å². The van der Waals surface area contributed by atoms with Crippen molar-refractivity contribution in [2.24, 2.45) is 0 Å². The van der Waals surface area contributed by atoms with Crippen LogP contribution in [0.15, 0.2) is 84.9 Å². The Morgan fingerprint density at radius 2 is 1.51 bits per heavy atom. The minimum absolute atomic E-state index is 0.148. The van der Waals surface area contributed by atoms with E-state index in [1.807, 2.05) is 30.3 Å². The average molecular weight is 481 g/mol. The van der Waals surface area contributed by atoms with Gasteiger partial charge in [-0.25, -0.2) is 4.79 Å². The fourth-order valence-corrected chi connectivity index (χ4v) is 3.77. The van der Waals surface area contributed by atoms with E-state index in [9.17, 15) is 15.0 Å². The number of hydrogen-bond donors (Lipinski definition) is 2. The van der Waals surface area contributed by atoms with Crippen molar-refractivity contribution in [3.05, 3.63) is 96.1 Å². The van der Waals surface area contributed by atoms with Crippen LogP contribution in [-0.2, 0) is 20.8 Å². The van der Waals surface area contributed by atoms with E-state index in [4.69, 9.17) is 23.7 Å². The van der Waals surface area contributed by atoms with E-state index in [0.717, 1.165) is 5.56 Å². The van der Waals surface area contributed by atoms with Gasteiger partial charge in [0.1, 0.15) is 29.8 Å². The second-order valence-corrected chi connectivity index (χ2v) is 8.01. The smallest absolute Gasteiger partial charge is 0.338 e. The molecule has 184 valence electrons. The Bertz CT molecular complexity index is 1060. The van der Waals surface area contributed by atoms with Crippen LogP contribution in [0, 0.1) is 0 Å². The van der Waals surface area contributed by atoms with Gasteiger partial charge in [0.05, 0.1) is 25.9 Å².